The molecule has 0 aromatic heterocycles. The summed E-state index contributed by atoms with van der Waals surface area (Å²) in [6.45, 7) is 5.69. The smallest absolute Gasteiger partial charge is 0.282 e. The molecule has 1 saturated heterocycles. The van der Waals surface area contributed by atoms with E-state index in [2.05, 4.69) is 34.5 Å². The van der Waals surface area contributed by atoms with Crippen LogP contribution >= 0.6 is 23.2 Å². The van der Waals surface area contributed by atoms with Crippen LogP contribution in [0.3, 0.4) is 0 Å². The van der Waals surface area contributed by atoms with Gasteiger partial charge in [0, 0.05) is 5.69 Å². The molecule has 25 heavy (non-hydrogen) atoms. The van der Waals surface area contributed by atoms with Gasteiger partial charge in [-0.2, -0.15) is 0 Å². The predicted molar refractivity (Wildman–Crippen MR) is 104 cm³/mol. The van der Waals surface area contributed by atoms with Crippen molar-refractivity contribution in [1.82, 2.24) is 0 Å². The minimum Gasteiger partial charge on any atom is -0.360 e. The minimum atomic E-state index is -0.145. The Hall–Kier alpha value is -1.75. The highest BCUT2D eigenvalue weighted by molar-refractivity contribution is 6.44. The summed E-state index contributed by atoms with van der Waals surface area (Å²) in [5.74, 6) is -0.0349. The third kappa shape index (κ3) is 4.27. The van der Waals surface area contributed by atoms with E-state index in [0.717, 1.165) is 26.2 Å². The number of carbonyl (C=O) groups excluding carboxylic acids is 1. The number of halogens is 2. The molecule has 0 radical (unpaired) electrons. The van der Waals surface area contributed by atoms with Gasteiger partial charge >= 0.3 is 0 Å². The van der Waals surface area contributed by atoms with E-state index in [1.807, 2.05) is 13.0 Å². The highest BCUT2D eigenvalue weighted by Gasteiger charge is 2.29. The Morgan fingerprint density at radius 2 is 1.76 bits per heavy atom. The van der Waals surface area contributed by atoms with Gasteiger partial charge in [-0.05, 0) is 31.2 Å². The molecule has 1 aliphatic rings. The molecule has 0 spiro atoms. The standard InChI is InChI=1S/C19H21Cl2N3O/c1-14(19(25)22-17-9-5-8-16(20)18(17)21)23-10-12-24(13-11-23)15-6-3-2-4-7-15/h2-9,14H,10-13H2,1H3,(H,22,25)/p+1/t14-/m0/s1. The monoisotopic (exact) mass is 378 g/mol. The number of carbonyl (C=O) groups is 1. The summed E-state index contributed by atoms with van der Waals surface area (Å²) in [6.07, 6.45) is 0. The van der Waals surface area contributed by atoms with Crippen LogP contribution in [0, 0.1) is 0 Å². The number of piperazine rings is 1. The van der Waals surface area contributed by atoms with Crippen molar-refractivity contribution in [2.75, 3.05) is 36.4 Å². The Kier molecular flexibility index (Phi) is 5.84. The molecule has 1 fully saturated rings. The van der Waals surface area contributed by atoms with Gasteiger partial charge in [-0.15, -0.1) is 0 Å². The number of benzene rings is 2. The fraction of sp³-hybridized carbons (Fsp3) is 0.316. The SMILES string of the molecule is C[C@@H](C(=O)Nc1cccc(Cl)c1Cl)[NH+]1CCN(c2ccccc2)CC1. The van der Waals surface area contributed by atoms with Crippen molar-refractivity contribution in [3.05, 3.63) is 58.6 Å². The van der Waals surface area contributed by atoms with Crippen molar-refractivity contribution in [3.63, 3.8) is 0 Å². The van der Waals surface area contributed by atoms with E-state index < -0.39 is 0 Å². The van der Waals surface area contributed by atoms with Crippen molar-refractivity contribution >= 4 is 40.5 Å². The van der Waals surface area contributed by atoms with E-state index in [0.29, 0.717) is 15.7 Å². The van der Waals surface area contributed by atoms with Crippen LogP contribution in [0.5, 0.6) is 0 Å². The Morgan fingerprint density at radius 3 is 2.44 bits per heavy atom. The number of para-hydroxylation sites is 1. The first kappa shape index (κ1) is 18.1. The Labute approximate surface area is 158 Å². The normalized spacial score (nSPS) is 16.5. The van der Waals surface area contributed by atoms with Gasteiger partial charge in [0.2, 0.25) is 0 Å². The molecule has 1 heterocycles. The molecule has 2 N–H and O–H groups in total. The van der Waals surface area contributed by atoms with Crippen LogP contribution in [0.1, 0.15) is 6.92 Å². The lowest BCUT2D eigenvalue weighted by molar-refractivity contribution is -0.914. The van der Waals surface area contributed by atoms with Crippen LogP contribution < -0.4 is 15.1 Å². The number of hydrogen-bond acceptors (Lipinski definition) is 2. The number of quaternary nitrogens is 1. The first-order chi connectivity index (χ1) is 12.1. The van der Waals surface area contributed by atoms with E-state index in [9.17, 15) is 4.79 Å². The van der Waals surface area contributed by atoms with Crippen molar-refractivity contribution in [3.8, 4) is 0 Å². The van der Waals surface area contributed by atoms with Gasteiger partial charge in [-0.3, -0.25) is 4.79 Å². The van der Waals surface area contributed by atoms with Crippen LogP contribution in [-0.4, -0.2) is 38.1 Å². The number of nitrogens with one attached hydrogen (secondary N) is 2. The van der Waals surface area contributed by atoms with Crippen molar-refractivity contribution in [1.29, 1.82) is 0 Å². The summed E-state index contributed by atoms with van der Waals surface area (Å²) >= 11 is 12.2. The summed E-state index contributed by atoms with van der Waals surface area (Å²) in [6, 6.07) is 15.5. The van der Waals surface area contributed by atoms with Crippen LogP contribution in [0.4, 0.5) is 11.4 Å². The molecular weight excluding hydrogens is 357 g/mol. The predicted octanol–water partition coefficient (Wildman–Crippen LogP) is 2.73. The molecule has 6 heteroatoms. The van der Waals surface area contributed by atoms with Crippen molar-refractivity contribution in [2.45, 2.75) is 13.0 Å². The van der Waals surface area contributed by atoms with E-state index in [-0.39, 0.29) is 11.9 Å². The maximum atomic E-state index is 12.6. The zero-order chi connectivity index (χ0) is 17.8. The number of nitrogens with zero attached hydrogens (tertiary/aromatic N) is 1. The second-order valence-corrected chi connectivity index (χ2v) is 7.08. The zero-order valence-corrected chi connectivity index (χ0v) is 15.6. The number of anilines is 2. The van der Waals surface area contributed by atoms with Crippen LogP contribution in [0.15, 0.2) is 48.5 Å². The number of amides is 1. The maximum absolute atomic E-state index is 12.6. The average Bonchev–Trinajstić information content (AvgIpc) is 2.65. The third-order valence-electron chi connectivity index (χ3n) is 4.74. The van der Waals surface area contributed by atoms with E-state index >= 15 is 0 Å². The lowest BCUT2D eigenvalue weighted by atomic mass is 10.2. The van der Waals surface area contributed by atoms with Crippen LogP contribution in [-0.2, 0) is 4.79 Å². The topological polar surface area (TPSA) is 36.8 Å². The summed E-state index contributed by atoms with van der Waals surface area (Å²) < 4.78 is 0. The summed E-state index contributed by atoms with van der Waals surface area (Å²) in [7, 11) is 0. The van der Waals surface area contributed by atoms with Crippen LogP contribution in [0.25, 0.3) is 0 Å². The second-order valence-electron chi connectivity index (χ2n) is 6.29. The molecule has 0 aliphatic carbocycles. The molecule has 2 aromatic carbocycles. The molecule has 1 atom stereocenters. The van der Waals surface area contributed by atoms with Gasteiger partial charge in [-0.25, -0.2) is 0 Å². The average molecular weight is 379 g/mol. The fourth-order valence-corrected chi connectivity index (χ4v) is 3.50. The van der Waals surface area contributed by atoms with E-state index in [1.165, 1.54) is 10.6 Å². The highest BCUT2D eigenvalue weighted by Crippen LogP contribution is 2.29. The molecule has 1 amide bonds. The van der Waals surface area contributed by atoms with Gasteiger partial charge in [0.05, 0.1) is 41.9 Å². The number of rotatable bonds is 4. The highest BCUT2D eigenvalue weighted by atomic mass is 35.5. The Morgan fingerprint density at radius 1 is 1.08 bits per heavy atom. The maximum Gasteiger partial charge on any atom is 0.282 e. The van der Waals surface area contributed by atoms with E-state index in [1.54, 1.807) is 18.2 Å². The van der Waals surface area contributed by atoms with Gasteiger partial charge in [0.15, 0.2) is 6.04 Å². The number of hydrogen-bond donors (Lipinski definition) is 2. The lowest BCUT2D eigenvalue weighted by Gasteiger charge is -2.36. The van der Waals surface area contributed by atoms with Gasteiger partial charge in [0.1, 0.15) is 0 Å². The molecule has 0 unspecified atom stereocenters. The summed E-state index contributed by atoms with van der Waals surface area (Å²) in [5.41, 5.74) is 1.80. The molecular formula is C19H22Cl2N3O+. The Bertz CT molecular complexity index is 731. The molecule has 132 valence electrons. The first-order valence-electron chi connectivity index (χ1n) is 8.45. The summed E-state index contributed by atoms with van der Waals surface area (Å²) in [5, 5.41) is 3.72. The second kappa shape index (κ2) is 8.09. The van der Waals surface area contributed by atoms with Crippen LogP contribution in [0.2, 0.25) is 10.0 Å². The molecule has 4 nitrogen and oxygen atoms in total. The fourth-order valence-electron chi connectivity index (χ4n) is 3.15. The Balaban J connectivity index is 1.58. The molecule has 0 bridgehead atoms. The third-order valence-corrected chi connectivity index (χ3v) is 5.56. The van der Waals surface area contributed by atoms with E-state index in [4.69, 9.17) is 23.2 Å². The minimum absolute atomic E-state index is 0.0349. The summed E-state index contributed by atoms with van der Waals surface area (Å²) in [4.78, 5) is 16.2. The lowest BCUT2D eigenvalue weighted by Crippen LogP contribution is -3.19. The molecule has 3 rings (SSSR count). The molecule has 2 aromatic rings. The zero-order valence-electron chi connectivity index (χ0n) is 14.1. The largest absolute Gasteiger partial charge is 0.360 e. The van der Waals surface area contributed by atoms with Gasteiger partial charge in [-0.1, -0.05) is 47.5 Å². The van der Waals surface area contributed by atoms with Crippen molar-refractivity contribution < 1.29 is 9.69 Å². The van der Waals surface area contributed by atoms with Gasteiger partial charge in [0.25, 0.3) is 5.91 Å². The molecule has 0 saturated carbocycles. The first-order valence-corrected chi connectivity index (χ1v) is 9.21. The van der Waals surface area contributed by atoms with Crippen molar-refractivity contribution in [2.24, 2.45) is 0 Å². The van der Waals surface area contributed by atoms with Gasteiger partial charge < -0.3 is 15.1 Å². The molecule has 1 aliphatic heterocycles. The quantitative estimate of drug-likeness (QED) is 0.857.